The van der Waals surface area contributed by atoms with Gasteiger partial charge in [-0.15, -0.1) is 10.2 Å². The van der Waals surface area contributed by atoms with E-state index in [0.29, 0.717) is 21.8 Å². The minimum absolute atomic E-state index is 0.209. The fourth-order valence-corrected chi connectivity index (χ4v) is 3.28. The molecule has 136 valence electrons. The van der Waals surface area contributed by atoms with Gasteiger partial charge in [0.15, 0.2) is 0 Å². The molecule has 0 bridgehead atoms. The lowest BCUT2D eigenvalue weighted by atomic mass is 10.3. The Balaban J connectivity index is 1.74. The molecular formula is C16H18ClN7OS. The maximum absolute atomic E-state index is 12.4. The quantitative estimate of drug-likeness (QED) is 0.511. The van der Waals surface area contributed by atoms with E-state index >= 15 is 0 Å². The molecule has 2 heterocycles. The summed E-state index contributed by atoms with van der Waals surface area (Å²) >= 11 is 7.27. The van der Waals surface area contributed by atoms with E-state index in [0.717, 1.165) is 11.4 Å². The summed E-state index contributed by atoms with van der Waals surface area (Å²) in [6.45, 7) is 5.55. The smallest absolute Gasteiger partial charge is 0.271 e. The SMILES string of the molecule is Cc1cc(C)n(-c2nnc(SC(C)C(=O)Nc3ccccc3Cl)n2N)n1. The number of aryl methyl sites for hydroxylation is 2. The number of nitrogens with two attached hydrogens (primary N) is 1. The zero-order valence-electron chi connectivity index (χ0n) is 14.5. The van der Waals surface area contributed by atoms with E-state index < -0.39 is 5.25 Å². The molecule has 0 saturated carbocycles. The van der Waals surface area contributed by atoms with Crippen molar-refractivity contribution in [2.24, 2.45) is 0 Å². The van der Waals surface area contributed by atoms with Crippen molar-refractivity contribution in [3.63, 3.8) is 0 Å². The van der Waals surface area contributed by atoms with Gasteiger partial charge in [0.25, 0.3) is 5.95 Å². The second-order valence-electron chi connectivity index (χ2n) is 5.72. The Morgan fingerprint density at radius 3 is 2.69 bits per heavy atom. The van der Waals surface area contributed by atoms with Gasteiger partial charge in [-0.1, -0.05) is 35.5 Å². The molecule has 1 atom stereocenters. The number of aromatic nitrogens is 5. The summed E-state index contributed by atoms with van der Waals surface area (Å²) in [5.41, 5.74) is 2.30. The minimum Gasteiger partial charge on any atom is -0.334 e. The van der Waals surface area contributed by atoms with Crippen LogP contribution in [0.5, 0.6) is 0 Å². The van der Waals surface area contributed by atoms with E-state index in [1.165, 1.54) is 16.4 Å². The molecule has 1 aromatic carbocycles. The van der Waals surface area contributed by atoms with Crippen molar-refractivity contribution >= 4 is 35.0 Å². The third kappa shape index (κ3) is 3.68. The molecule has 1 unspecified atom stereocenters. The number of nitrogen functional groups attached to an aromatic ring is 1. The third-order valence-electron chi connectivity index (χ3n) is 3.63. The lowest BCUT2D eigenvalue weighted by Crippen LogP contribution is -2.24. The van der Waals surface area contributed by atoms with Gasteiger partial charge in [-0.05, 0) is 39.0 Å². The molecular weight excluding hydrogens is 374 g/mol. The fraction of sp³-hybridized carbons (Fsp3) is 0.250. The lowest BCUT2D eigenvalue weighted by Gasteiger charge is -2.12. The molecule has 0 aliphatic carbocycles. The first-order valence-corrected chi connectivity index (χ1v) is 9.08. The van der Waals surface area contributed by atoms with Gasteiger partial charge in [0.1, 0.15) is 0 Å². The standard InChI is InChI=1S/C16H18ClN7OS/c1-9-8-10(2)24(22-9)15-20-21-16(23(15)18)26-11(3)14(25)19-13-7-5-4-6-12(13)17/h4-8,11H,18H2,1-3H3,(H,19,25). The first-order chi connectivity index (χ1) is 12.4. The molecule has 0 aliphatic heterocycles. The van der Waals surface area contributed by atoms with Crippen LogP contribution in [-0.4, -0.2) is 35.8 Å². The summed E-state index contributed by atoms with van der Waals surface area (Å²) in [6, 6.07) is 8.97. The molecule has 26 heavy (non-hydrogen) atoms. The zero-order valence-corrected chi connectivity index (χ0v) is 16.0. The Bertz CT molecular complexity index is 952. The van der Waals surface area contributed by atoms with Gasteiger partial charge in [0.2, 0.25) is 11.1 Å². The van der Waals surface area contributed by atoms with Crippen molar-refractivity contribution in [3.05, 3.63) is 46.7 Å². The van der Waals surface area contributed by atoms with Gasteiger partial charge in [0, 0.05) is 5.69 Å². The molecule has 3 rings (SSSR count). The summed E-state index contributed by atoms with van der Waals surface area (Å²) in [4.78, 5) is 12.4. The Kier molecular flexibility index (Phi) is 5.19. The largest absolute Gasteiger partial charge is 0.334 e. The van der Waals surface area contributed by atoms with Crippen molar-refractivity contribution < 1.29 is 4.79 Å². The molecule has 0 saturated heterocycles. The number of para-hydroxylation sites is 1. The van der Waals surface area contributed by atoms with E-state index in [9.17, 15) is 4.79 Å². The number of hydrogen-bond donors (Lipinski definition) is 2. The second kappa shape index (κ2) is 7.38. The molecule has 8 nitrogen and oxygen atoms in total. The van der Waals surface area contributed by atoms with Crippen molar-refractivity contribution in [1.82, 2.24) is 24.7 Å². The topological polar surface area (TPSA) is 104 Å². The van der Waals surface area contributed by atoms with Gasteiger partial charge in [-0.25, -0.2) is 9.36 Å². The molecule has 3 N–H and O–H groups in total. The lowest BCUT2D eigenvalue weighted by molar-refractivity contribution is -0.115. The Hall–Kier alpha value is -2.52. The summed E-state index contributed by atoms with van der Waals surface area (Å²) in [7, 11) is 0. The number of hydrogen-bond acceptors (Lipinski definition) is 6. The maximum atomic E-state index is 12.4. The predicted octanol–water partition coefficient (Wildman–Crippen LogP) is 2.57. The number of carbonyl (C=O) groups is 1. The predicted molar refractivity (Wildman–Crippen MR) is 102 cm³/mol. The van der Waals surface area contributed by atoms with E-state index in [1.807, 2.05) is 19.9 Å². The first-order valence-electron chi connectivity index (χ1n) is 7.83. The van der Waals surface area contributed by atoms with Gasteiger partial charge >= 0.3 is 0 Å². The molecule has 0 spiro atoms. The van der Waals surface area contributed by atoms with Crippen LogP contribution < -0.4 is 11.2 Å². The third-order valence-corrected chi connectivity index (χ3v) is 5.02. The van der Waals surface area contributed by atoms with Crippen molar-refractivity contribution in [3.8, 4) is 5.95 Å². The molecule has 3 aromatic rings. The van der Waals surface area contributed by atoms with Crippen molar-refractivity contribution in [1.29, 1.82) is 0 Å². The summed E-state index contributed by atoms with van der Waals surface area (Å²) in [6.07, 6.45) is 0. The number of rotatable bonds is 5. The summed E-state index contributed by atoms with van der Waals surface area (Å²) in [5.74, 6) is 6.27. The number of nitrogens with one attached hydrogen (secondary N) is 1. The number of halogens is 1. The highest BCUT2D eigenvalue weighted by molar-refractivity contribution is 8.00. The minimum atomic E-state index is -0.453. The van der Waals surface area contributed by atoms with Crippen LogP contribution in [-0.2, 0) is 4.79 Å². The molecule has 0 radical (unpaired) electrons. The van der Waals surface area contributed by atoms with Crippen LogP contribution in [0.3, 0.4) is 0 Å². The van der Waals surface area contributed by atoms with Crippen LogP contribution in [0.2, 0.25) is 5.02 Å². The highest BCUT2D eigenvalue weighted by atomic mass is 35.5. The zero-order chi connectivity index (χ0) is 18.8. The molecule has 1 amide bonds. The van der Waals surface area contributed by atoms with E-state index in [1.54, 1.807) is 35.9 Å². The number of anilines is 1. The number of amides is 1. The van der Waals surface area contributed by atoms with Crippen LogP contribution in [0.1, 0.15) is 18.3 Å². The molecule has 0 aliphatic rings. The van der Waals surface area contributed by atoms with Crippen molar-refractivity contribution in [2.75, 3.05) is 11.2 Å². The average Bonchev–Trinajstić information content (AvgIpc) is 3.11. The second-order valence-corrected chi connectivity index (χ2v) is 7.44. The number of nitrogens with zero attached hydrogens (tertiary/aromatic N) is 5. The fourth-order valence-electron chi connectivity index (χ4n) is 2.33. The van der Waals surface area contributed by atoms with E-state index in [4.69, 9.17) is 17.4 Å². The van der Waals surface area contributed by atoms with Crippen LogP contribution in [0.15, 0.2) is 35.5 Å². The van der Waals surface area contributed by atoms with E-state index in [-0.39, 0.29) is 5.91 Å². The highest BCUT2D eigenvalue weighted by Crippen LogP contribution is 2.25. The molecule has 2 aromatic heterocycles. The van der Waals surface area contributed by atoms with Gasteiger partial charge in [0.05, 0.1) is 21.7 Å². The van der Waals surface area contributed by atoms with Crippen LogP contribution in [0.4, 0.5) is 5.69 Å². The van der Waals surface area contributed by atoms with Gasteiger partial charge < -0.3 is 11.2 Å². The number of benzene rings is 1. The van der Waals surface area contributed by atoms with Gasteiger partial charge in [-0.2, -0.15) is 5.10 Å². The highest BCUT2D eigenvalue weighted by Gasteiger charge is 2.21. The Morgan fingerprint density at radius 1 is 1.31 bits per heavy atom. The summed E-state index contributed by atoms with van der Waals surface area (Å²) in [5, 5.41) is 15.7. The average molecular weight is 392 g/mol. The summed E-state index contributed by atoms with van der Waals surface area (Å²) < 4.78 is 2.93. The van der Waals surface area contributed by atoms with E-state index in [2.05, 4.69) is 20.6 Å². The molecule has 0 fully saturated rings. The maximum Gasteiger partial charge on any atom is 0.271 e. The normalized spacial score (nSPS) is 12.2. The molecule has 10 heteroatoms. The van der Waals surface area contributed by atoms with Crippen LogP contribution in [0, 0.1) is 13.8 Å². The van der Waals surface area contributed by atoms with Crippen LogP contribution >= 0.6 is 23.4 Å². The van der Waals surface area contributed by atoms with Crippen LogP contribution in [0.25, 0.3) is 5.95 Å². The first kappa shape index (κ1) is 18.3. The van der Waals surface area contributed by atoms with Gasteiger partial charge in [-0.3, -0.25) is 4.79 Å². The van der Waals surface area contributed by atoms with Crippen molar-refractivity contribution in [2.45, 2.75) is 31.2 Å². The number of thioether (sulfide) groups is 1. The Morgan fingerprint density at radius 2 is 2.04 bits per heavy atom. The number of carbonyl (C=O) groups excluding carboxylic acids is 1. The monoisotopic (exact) mass is 391 g/mol. The Labute approximate surface area is 159 Å².